The first kappa shape index (κ1) is 17.2. The number of hydrogen-bond acceptors (Lipinski definition) is 5. The molecule has 0 saturated heterocycles. The van der Waals surface area contributed by atoms with E-state index in [9.17, 15) is 14.9 Å². The summed E-state index contributed by atoms with van der Waals surface area (Å²) in [7, 11) is 0. The summed E-state index contributed by atoms with van der Waals surface area (Å²) in [6.45, 7) is 0.820. The topological polar surface area (TPSA) is 93.6 Å². The summed E-state index contributed by atoms with van der Waals surface area (Å²) in [6, 6.07) is 8.25. The maximum Gasteiger partial charge on any atom is 0.276 e. The smallest absolute Gasteiger partial charge is 0.276 e. The Labute approximate surface area is 158 Å². The average molecular weight is 384 g/mol. The first-order chi connectivity index (χ1) is 13.0. The van der Waals surface area contributed by atoms with Crippen LogP contribution in [0.3, 0.4) is 0 Å². The van der Waals surface area contributed by atoms with Gasteiger partial charge in [-0.3, -0.25) is 14.9 Å². The van der Waals surface area contributed by atoms with Gasteiger partial charge in [-0.15, -0.1) is 0 Å². The van der Waals surface area contributed by atoms with Crippen LogP contribution >= 0.6 is 11.6 Å². The SMILES string of the molecule is O=C(c1cc2ncc(Cl)cn2n1)N1CC=C(c2ccccc2[N+](=O)[O-])CC1. The Hall–Kier alpha value is -3.26. The van der Waals surface area contributed by atoms with Crippen LogP contribution in [0.4, 0.5) is 5.69 Å². The largest absolute Gasteiger partial charge is 0.333 e. The van der Waals surface area contributed by atoms with Gasteiger partial charge in [0.25, 0.3) is 11.6 Å². The summed E-state index contributed by atoms with van der Waals surface area (Å²) in [5.41, 5.74) is 2.37. The second-order valence-electron chi connectivity index (χ2n) is 6.11. The lowest BCUT2D eigenvalue weighted by Gasteiger charge is -2.25. The summed E-state index contributed by atoms with van der Waals surface area (Å²) in [6.07, 6.45) is 5.47. The van der Waals surface area contributed by atoms with E-state index < -0.39 is 0 Å². The highest BCUT2D eigenvalue weighted by atomic mass is 35.5. The molecule has 1 amide bonds. The van der Waals surface area contributed by atoms with Crippen LogP contribution in [0.25, 0.3) is 11.2 Å². The van der Waals surface area contributed by atoms with Gasteiger partial charge in [0.05, 0.1) is 21.7 Å². The van der Waals surface area contributed by atoms with Crippen LogP contribution in [-0.2, 0) is 0 Å². The summed E-state index contributed by atoms with van der Waals surface area (Å²) in [5.74, 6) is -0.213. The van der Waals surface area contributed by atoms with Gasteiger partial charge in [0.15, 0.2) is 11.3 Å². The summed E-state index contributed by atoms with van der Waals surface area (Å²) < 4.78 is 1.47. The Morgan fingerprint density at radius 1 is 1.30 bits per heavy atom. The molecule has 0 aliphatic carbocycles. The van der Waals surface area contributed by atoms with Crippen molar-refractivity contribution < 1.29 is 9.72 Å². The van der Waals surface area contributed by atoms with Crippen molar-refractivity contribution in [2.75, 3.05) is 13.1 Å². The predicted molar refractivity (Wildman–Crippen MR) is 99.6 cm³/mol. The molecule has 136 valence electrons. The third-order valence-corrected chi connectivity index (χ3v) is 4.64. The second-order valence-corrected chi connectivity index (χ2v) is 6.55. The number of para-hydroxylation sites is 1. The van der Waals surface area contributed by atoms with E-state index >= 15 is 0 Å². The molecular weight excluding hydrogens is 370 g/mol. The molecule has 0 saturated carbocycles. The van der Waals surface area contributed by atoms with Gasteiger partial charge in [0.1, 0.15) is 0 Å². The number of carbonyl (C=O) groups is 1. The molecule has 0 unspecified atom stereocenters. The number of nitrogens with zero attached hydrogens (tertiary/aromatic N) is 5. The van der Waals surface area contributed by atoms with Gasteiger partial charge in [0, 0.05) is 31.4 Å². The zero-order valence-corrected chi connectivity index (χ0v) is 14.8. The lowest BCUT2D eigenvalue weighted by atomic mass is 9.98. The van der Waals surface area contributed by atoms with Gasteiger partial charge < -0.3 is 4.90 Å². The molecule has 27 heavy (non-hydrogen) atoms. The average Bonchev–Trinajstić information content (AvgIpc) is 3.10. The first-order valence-electron chi connectivity index (χ1n) is 8.26. The molecule has 1 aliphatic heterocycles. The maximum atomic E-state index is 12.7. The fourth-order valence-electron chi connectivity index (χ4n) is 3.12. The highest BCUT2D eigenvalue weighted by Gasteiger charge is 2.24. The van der Waals surface area contributed by atoms with E-state index in [4.69, 9.17) is 11.6 Å². The number of carbonyl (C=O) groups excluding carboxylic acids is 1. The minimum atomic E-state index is -0.386. The highest BCUT2D eigenvalue weighted by Crippen LogP contribution is 2.30. The van der Waals surface area contributed by atoms with Crippen LogP contribution in [0.15, 0.2) is 48.8 Å². The van der Waals surface area contributed by atoms with Crippen molar-refractivity contribution in [1.29, 1.82) is 0 Å². The molecule has 0 bridgehead atoms. The fourth-order valence-corrected chi connectivity index (χ4v) is 3.26. The molecule has 1 aromatic carbocycles. The number of aromatic nitrogens is 3. The summed E-state index contributed by atoms with van der Waals surface area (Å²) in [4.78, 5) is 29.3. The van der Waals surface area contributed by atoms with Crippen molar-refractivity contribution in [3.63, 3.8) is 0 Å². The van der Waals surface area contributed by atoms with Gasteiger partial charge in [-0.2, -0.15) is 5.10 Å². The van der Waals surface area contributed by atoms with Crippen LogP contribution in [0, 0.1) is 10.1 Å². The van der Waals surface area contributed by atoms with Crippen LogP contribution in [0.1, 0.15) is 22.5 Å². The zero-order chi connectivity index (χ0) is 19.0. The molecule has 1 aliphatic rings. The number of hydrogen-bond donors (Lipinski definition) is 0. The van der Waals surface area contributed by atoms with Gasteiger partial charge in [0.2, 0.25) is 0 Å². The van der Waals surface area contributed by atoms with E-state index in [2.05, 4.69) is 10.1 Å². The van der Waals surface area contributed by atoms with E-state index in [0.29, 0.717) is 35.7 Å². The van der Waals surface area contributed by atoms with Gasteiger partial charge >= 0.3 is 0 Å². The van der Waals surface area contributed by atoms with Crippen molar-refractivity contribution in [2.45, 2.75) is 6.42 Å². The van der Waals surface area contributed by atoms with E-state index in [1.807, 2.05) is 6.08 Å². The molecule has 0 spiro atoms. The molecule has 3 aromatic rings. The fraction of sp³-hybridized carbons (Fsp3) is 0.167. The monoisotopic (exact) mass is 383 g/mol. The van der Waals surface area contributed by atoms with Crippen molar-refractivity contribution in [3.05, 3.63) is 75.2 Å². The molecule has 0 N–H and O–H groups in total. The predicted octanol–water partition coefficient (Wildman–Crippen LogP) is 3.22. The Morgan fingerprint density at radius 3 is 2.85 bits per heavy atom. The Balaban J connectivity index is 1.56. The summed E-state index contributed by atoms with van der Waals surface area (Å²) in [5, 5.41) is 15.9. The third-order valence-electron chi connectivity index (χ3n) is 4.44. The Kier molecular flexibility index (Phi) is 4.33. The normalized spacial score (nSPS) is 14.3. The zero-order valence-electron chi connectivity index (χ0n) is 14.1. The molecular formula is C18H14ClN5O3. The maximum absolute atomic E-state index is 12.7. The lowest BCUT2D eigenvalue weighted by Crippen LogP contribution is -2.35. The lowest BCUT2D eigenvalue weighted by molar-refractivity contribution is -0.385. The van der Waals surface area contributed by atoms with Crippen LogP contribution in [0.2, 0.25) is 5.02 Å². The van der Waals surface area contributed by atoms with E-state index in [1.165, 1.54) is 16.8 Å². The minimum Gasteiger partial charge on any atom is -0.333 e. The molecule has 3 heterocycles. The minimum absolute atomic E-state index is 0.0758. The van der Waals surface area contributed by atoms with E-state index in [0.717, 1.165) is 5.57 Å². The standard InChI is InChI=1S/C18H14ClN5O3/c19-13-10-20-17-9-15(21-23(17)11-13)18(25)22-7-5-12(6-8-22)14-3-1-2-4-16(14)24(26)27/h1-5,9-11H,6-8H2. The van der Waals surface area contributed by atoms with Crippen molar-refractivity contribution in [3.8, 4) is 0 Å². The van der Waals surface area contributed by atoms with Crippen LogP contribution < -0.4 is 0 Å². The number of nitro groups is 1. The summed E-state index contributed by atoms with van der Waals surface area (Å²) >= 11 is 5.89. The highest BCUT2D eigenvalue weighted by molar-refractivity contribution is 6.30. The molecule has 0 radical (unpaired) electrons. The van der Waals surface area contributed by atoms with Gasteiger partial charge in [-0.25, -0.2) is 9.50 Å². The van der Waals surface area contributed by atoms with Crippen molar-refractivity contribution in [1.82, 2.24) is 19.5 Å². The molecule has 9 heteroatoms. The van der Waals surface area contributed by atoms with Crippen LogP contribution in [0.5, 0.6) is 0 Å². The second kappa shape index (κ2) is 6.81. The third kappa shape index (κ3) is 3.26. The van der Waals surface area contributed by atoms with Gasteiger partial charge in [-0.1, -0.05) is 29.8 Å². The number of halogens is 1. The Morgan fingerprint density at radius 2 is 2.11 bits per heavy atom. The molecule has 0 atom stereocenters. The Bertz CT molecular complexity index is 1090. The molecule has 4 rings (SSSR count). The van der Waals surface area contributed by atoms with E-state index in [1.54, 1.807) is 35.4 Å². The molecule has 8 nitrogen and oxygen atoms in total. The number of nitro benzene ring substituents is 1. The number of amides is 1. The van der Waals surface area contributed by atoms with Crippen LogP contribution in [-0.4, -0.2) is 43.4 Å². The quantitative estimate of drug-likeness (QED) is 0.511. The van der Waals surface area contributed by atoms with E-state index in [-0.39, 0.29) is 22.2 Å². The van der Waals surface area contributed by atoms with Crippen molar-refractivity contribution >= 4 is 34.4 Å². The van der Waals surface area contributed by atoms with Crippen molar-refractivity contribution in [2.24, 2.45) is 0 Å². The number of fused-ring (bicyclic) bond motifs is 1. The number of rotatable bonds is 3. The molecule has 2 aromatic heterocycles. The first-order valence-corrected chi connectivity index (χ1v) is 8.64. The van der Waals surface area contributed by atoms with Gasteiger partial charge in [-0.05, 0) is 18.1 Å². The molecule has 0 fully saturated rings. The number of benzene rings is 1.